The van der Waals surface area contributed by atoms with Gasteiger partial charge >= 0.3 is 0 Å². The van der Waals surface area contributed by atoms with Gasteiger partial charge in [-0.3, -0.25) is 4.79 Å². The molecule has 6 heteroatoms. The van der Waals surface area contributed by atoms with Gasteiger partial charge in [-0.1, -0.05) is 32.9 Å². The number of carbonyl (C=O) groups excluding carboxylic acids is 1. The van der Waals surface area contributed by atoms with E-state index in [-0.39, 0.29) is 11.3 Å². The van der Waals surface area contributed by atoms with Crippen molar-refractivity contribution >= 4 is 11.9 Å². The van der Waals surface area contributed by atoms with Gasteiger partial charge in [-0.2, -0.15) is 0 Å². The van der Waals surface area contributed by atoms with Crippen molar-refractivity contribution in [3.8, 4) is 5.75 Å². The van der Waals surface area contributed by atoms with Crippen LogP contribution < -0.4 is 9.64 Å². The van der Waals surface area contributed by atoms with Crippen molar-refractivity contribution in [3.05, 3.63) is 48.3 Å². The molecule has 0 N–H and O–H groups in total. The maximum Gasteiger partial charge on any atom is 0.263 e. The topological polar surface area (TPSA) is 58.6 Å². The molecule has 0 radical (unpaired) electrons. The molecular weight excluding hydrogens is 340 g/mol. The van der Waals surface area contributed by atoms with Gasteiger partial charge in [-0.25, -0.2) is 9.97 Å². The first kappa shape index (κ1) is 19.1. The van der Waals surface area contributed by atoms with Gasteiger partial charge in [-0.05, 0) is 36.1 Å². The number of carbonyl (C=O) groups is 1. The first-order chi connectivity index (χ1) is 12.8. The van der Waals surface area contributed by atoms with E-state index in [4.69, 9.17) is 4.74 Å². The molecule has 0 bridgehead atoms. The summed E-state index contributed by atoms with van der Waals surface area (Å²) in [6.07, 6.45) is 2.96. The summed E-state index contributed by atoms with van der Waals surface area (Å²) < 4.78 is 5.88. The van der Waals surface area contributed by atoms with Gasteiger partial charge in [0.2, 0.25) is 5.95 Å². The molecule has 2 aromatic rings. The molecule has 0 aliphatic carbocycles. The summed E-state index contributed by atoms with van der Waals surface area (Å²) in [6, 6.07) is 9.80. The van der Waals surface area contributed by atoms with Crippen molar-refractivity contribution in [1.29, 1.82) is 0 Å². The highest BCUT2D eigenvalue weighted by Crippen LogP contribution is 2.25. The van der Waals surface area contributed by atoms with Crippen molar-refractivity contribution in [1.82, 2.24) is 14.9 Å². The van der Waals surface area contributed by atoms with Crippen LogP contribution in [0.1, 0.15) is 33.3 Å². The molecule has 0 spiro atoms. The standard InChI is InChI=1S/C21H28N4O2/c1-16(27-18-8-6-17(7-9-18)21(2,3)4)19(26)24-12-14-25(15-13-24)20-22-10-5-11-23-20/h5-11,16H,12-15H2,1-4H3/t16-/m0/s1. The smallest absolute Gasteiger partial charge is 0.263 e. The number of amides is 1. The summed E-state index contributed by atoms with van der Waals surface area (Å²) in [5, 5.41) is 0. The number of piperazine rings is 1. The number of aromatic nitrogens is 2. The minimum Gasteiger partial charge on any atom is -0.481 e. The van der Waals surface area contributed by atoms with E-state index in [1.54, 1.807) is 18.5 Å². The predicted molar refractivity (Wildman–Crippen MR) is 106 cm³/mol. The fourth-order valence-corrected chi connectivity index (χ4v) is 3.13. The molecule has 6 nitrogen and oxygen atoms in total. The zero-order valence-electron chi connectivity index (χ0n) is 16.6. The Labute approximate surface area is 161 Å². The summed E-state index contributed by atoms with van der Waals surface area (Å²) in [6.45, 7) is 11.1. The summed E-state index contributed by atoms with van der Waals surface area (Å²) in [5.41, 5.74) is 1.34. The fraction of sp³-hybridized carbons (Fsp3) is 0.476. The SMILES string of the molecule is C[C@H](Oc1ccc(C(C)(C)C)cc1)C(=O)N1CCN(c2ncccn2)CC1. The van der Waals surface area contributed by atoms with E-state index in [1.807, 2.05) is 24.0 Å². The first-order valence-electron chi connectivity index (χ1n) is 9.42. The summed E-state index contributed by atoms with van der Waals surface area (Å²) in [7, 11) is 0. The van der Waals surface area contributed by atoms with Gasteiger partial charge in [0.1, 0.15) is 5.75 Å². The quantitative estimate of drug-likeness (QED) is 0.830. The van der Waals surface area contributed by atoms with E-state index in [0.29, 0.717) is 19.0 Å². The lowest BCUT2D eigenvalue weighted by molar-refractivity contribution is -0.138. The lowest BCUT2D eigenvalue weighted by Crippen LogP contribution is -2.52. The Morgan fingerprint density at radius 1 is 1.04 bits per heavy atom. The molecule has 1 aromatic carbocycles. The van der Waals surface area contributed by atoms with Crippen molar-refractivity contribution in [2.75, 3.05) is 31.1 Å². The van der Waals surface area contributed by atoms with Crippen LogP contribution in [0.2, 0.25) is 0 Å². The maximum atomic E-state index is 12.7. The van der Waals surface area contributed by atoms with Crippen LogP contribution in [-0.4, -0.2) is 53.1 Å². The summed E-state index contributed by atoms with van der Waals surface area (Å²) in [5.74, 6) is 1.46. The number of hydrogen-bond donors (Lipinski definition) is 0. The van der Waals surface area contributed by atoms with E-state index in [9.17, 15) is 4.79 Å². The predicted octanol–water partition coefficient (Wildman–Crippen LogP) is 2.89. The zero-order chi connectivity index (χ0) is 19.4. The molecule has 1 amide bonds. The molecule has 3 rings (SSSR count). The van der Waals surface area contributed by atoms with Crippen LogP contribution in [0.25, 0.3) is 0 Å². The van der Waals surface area contributed by atoms with Gasteiger partial charge in [0, 0.05) is 38.6 Å². The second-order valence-corrected chi connectivity index (χ2v) is 7.90. The molecule has 1 aromatic heterocycles. The molecule has 2 heterocycles. The van der Waals surface area contributed by atoms with Crippen LogP contribution in [0.15, 0.2) is 42.7 Å². The van der Waals surface area contributed by atoms with Gasteiger partial charge in [0.25, 0.3) is 5.91 Å². The van der Waals surface area contributed by atoms with Crippen LogP contribution in [0.5, 0.6) is 5.75 Å². The Bertz CT molecular complexity index is 748. The first-order valence-corrected chi connectivity index (χ1v) is 9.42. The highest BCUT2D eigenvalue weighted by Gasteiger charge is 2.27. The number of anilines is 1. The minimum atomic E-state index is -0.509. The Hall–Kier alpha value is -2.63. The largest absolute Gasteiger partial charge is 0.481 e. The third-order valence-electron chi connectivity index (χ3n) is 4.81. The third-order valence-corrected chi connectivity index (χ3v) is 4.81. The lowest BCUT2D eigenvalue weighted by Gasteiger charge is -2.35. The van der Waals surface area contributed by atoms with E-state index in [1.165, 1.54) is 5.56 Å². The van der Waals surface area contributed by atoms with E-state index in [2.05, 4.69) is 47.8 Å². The molecule has 1 saturated heterocycles. The maximum absolute atomic E-state index is 12.7. The molecule has 1 aliphatic heterocycles. The minimum absolute atomic E-state index is 0.0172. The molecule has 0 saturated carbocycles. The molecule has 27 heavy (non-hydrogen) atoms. The van der Waals surface area contributed by atoms with E-state index < -0.39 is 6.10 Å². The Morgan fingerprint density at radius 2 is 1.63 bits per heavy atom. The summed E-state index contributed by atoms with van der Waals surface area (Å²) >= 11 is 0. The van der Waals surface area contributed by atoms with Crippen molar-refractivity contribution < 1.29 is 9.53 Å². The van der Waals surface area contributed by atoms with Crippen LogP contribution >= 0.6 is 0 Å². The average molecular weight is 368 g/mol. The van der Waals surface area contributed by atoms with Crippen molar-refractivity contribution in [2.45, 2.75) is 39.2 Å². The van der Waals surface area contributed by atoms with Gasteiger partial charge in [-0.15, -0.1) is 0 Å². The van der Waals surface area contributed by atoms with Crippen molar-refractivity contribution in [3.63, 3.8) is 0 Å². The second-order valence-electron chi connectivity index (χ2n) is 7.90. The number of benzene rings is 1. The molecule has 144 valence electrons. The Kier molecular flexibility index (Phi) is 5.63. The van der Waals surface area contributed by atoms with Crippen LogP contribution in [-0.2, 0) is 10.2 Å². The van der Waals surface area contributed by atoms with Gasteiger partial charge in [0.05, 0.1) is 0 Å². The summed E-state index contributed by atoms with van der Waals surface area (Å²) in [4.78, 5) is 25.2. The monoisotopic (exact) mass is 368 g/mol. The molecule has 1 fully saturated rings. The highest BCUT2D eigenvalue weighted by atomic mass is 16.5. The van der Waals surface area contributed by atoms with Gasteiger partial charge in [0.15, 0.2) is 6.10 Å². The molecule has 0 unspecified atom stereocenters. The van der Waals surface area contributed by atoms with E-state index in [0.717, 1.165) is 18.8 Å². The van der Waals surface area contributed by atoms with E-state index >= 15 is 0 Å². The third kappa shape index (κ3) is 4.76. The van der Waals surface area contributed by atoms with Crippen molar-refractivity contribution in [2.24, 2.45) is 0 Å². The zero-order valence-corrected chi connectivity index (χ0v) is 16.6. The average Bonchev–Trinajstić information content (AvgIpc) is 2.68. The van der Waals surface area contributed by atoms with Crippen LogP contribution in [0.4, 0.5) is 5.95 Å². The lowest BCUT2D eigenvalue weighted by atomic mass is 9.87. The molecule has 1 atom stereocenters. The molecule has 1 aliphatic rings. The Balaban J connectivity index is 1.54. The number of hydrogen-bond acceptors (Lipinski definition) is 5. The van der Waals surface area contributed by atoms with Gasteiger partial charge < -0.3 is 14.5 Å². The van der Waals surface area contributed by atoms with Crippen LogP contribution in [0, 0.1) is 0 Å². The number of nitrogens with zero attached hydrogens (tertiary/aromatic N) is 4. The highest BCUT2D eigenvalue weighted by molar-refractivity contribution is 5.81. The Morgan fingerprint density at radius 3 is 2.19 bits per heavy atom. The fourth-order valence-electron chi connectivity index (χ4n) is 3.13. The second kappa shape index (κ2) is 7.94. The number of ether oxygens (including phenoxy) is 1. The molecular formula is C21H28N4O2. The van der Waals surface area contributed by atoms with Crippen LogP contribution in [0.3, 0.4) is 0 Å². The normalized spacial score (nSPS) is 16.1. The number of rotatable bonds is 4.